The summed E-state index contributed by atoms with van der Waals surface area (Å²) in [7, 11) is 0. The first-order chi connectivity index (χ1) is 13.1. The SMILES string of the molecule is CC.O=C(Cn1ccc2c(CNCCO)cc(F)cc21)c1ccc(F)cc1. The highest BCUT2D eigenvalue weighted by molar-refractivity contribution is 5.97. The zero-order chi connectivity index (χ0) is 19.8. The van der Waals surface area contributed by atoms with E-state index in [9.17, 15) is 13.6 Å². The highest BCUT2D eigenvalue weighted by Crippen LogP contribution is 2.23. The molecule has 0 radical (unpaired) electrons. The quantitative estimate of drug-likeness (QED) is 0.487. The van der Waals surface area contributed by atoms with E-state index in [1.54, 1.807) is 10.8 Å². The third-order valence-electron chi connectivity index (χ3n) is 4.02. The number of hydrogen-bond donors (Lipinski definition) is 2. The maximum Gasteiger partial charge on any atom is 0.182 e. The standard InChI is InChI=1S/C19H18F2N2O2.C2H6/c20-15-3-1-13(2-4-15)19(25)12-23-7-5-17-14(11-22-6-8-24)9-16(21)10-18(17)23;1-2/h1-5,7,9-10,22,24H,6,8,11-12H2;1-2H3. The molecule has 27 heavy (non-hydrogen) atoms. The van der Waals surface area contributed by atoms with Crippen LogP contribution in [0.5, 0.6) is 0 Å². The van der Waals surface area contributed by atoms with Crippen molar-refractivity contribution in [1.82, 2.24) is 9.88 Å². The average molecular weight is 374 g/mol. The van der Waals surface area contributed by atoms with Crippen LogP contribution in [-0.2, 0) is 13.1 Å². The van der Waals surface area contributed by atoms with Crippen molar-refractivity contribution in [1.29, 1.82) is 0 Å². The van der Waals surface area contributed by atoms with Crippen LogP contribution in [0, 0.1) is 11.6 Å². The Labute approximate surface area is 157 Å². The van der Waals surface area contributed by atoms with Crippen LogP contribution in [0.4, 0.5) is 8.78 Å². The van der Waals surface area contributed by atoms with Gasteiger partial charge in [0.15, 0.2) is 5.78 Å². The third kappa shape index (κ3) is 5.21. The van der Waals surface area contributed by atoms with Crippen molar-refractivity contribution in [3.8, 4) is 0 Å². The van der Waals surface area contributed by atoms with Crippen LogP contribution in [0.3, 0.4) is 0 Å². The molecule has 0 aliphatic heterocycles. The molecule has 0 unspecified atom stereocenters. The van der Waals surface area contributed by atoms with E-state index in [0.717, 1.165) is 10.9 Å². The number of fused-ring (bicyclic) bond motifs is 1. The minimum atomic E-state index is -0.398. The monoisotopic (exact) mass is 374 g/mol. The van der Waals surface area contributed by atoms with Gasteiger partial charge in [-0.05, 0) is 48.0 Å². The number of halogens is 2. The number of rotatable bonds is 7. The van der Waals surface area contributed by atoms with Gasteiger partial charge in [0, 0.05) is 30.2 Å². The maximum absolute atomic E-state index is 14.0. The Morgan fingerprint density at radius 3 is 2.44 bits per heavy atom. The van der Waals surface area contributed by atoms with E-state index in [1.165, 1.54) is 36.4 Å². The number of aliphatic hydroxyl groups excluding tert-OH is 1. The van der Waals surface area contributed by atoms with Crippen molar-refractivity contribution in [3.05, 3.63) is 71.4 Å². The summed E-state index contributed by atoms with van der Waals surface area (Å²) in [4.78, 5) is 12.4. The van der Waals surface area contributed by atoms with Gasteiger partial charge in [0.2, 0.25) is 0 Å². The second-order valence-electron chi connectivity index (χ2n) is 5.77. The molecule has 3 aromatic rings. The van der Waals surface area contributed by atoms with Crippen molar-refractivity contribution in [2.24, 2.45) is 0 Å². The second kappa shape index (κ2) is 9.94. The Bertz CT molecular complexity index is 889. The van der Waals surface area contributed by atoms with Crippen LogP contribution in [0.15, 0.2) is 48.7 Å². The first-order valence-corrected chi connectivity index (χ1v) is 8.96. The van der Waals surface area contributed by atoms with Crippen molar-refractivity contribution >= 4 is 16.7 Å². The molecule has 0 aliphatic carbocycles. The number of Topliss-reactive ketones (excluding diaryl/α,β-unsaturated/α-hetero) is 1. The summed E-state index contributed by atoms with van der Waals surface area (Å²) < 4.78 is 28.6. The lowest BCUT2D eigenvalue weighted by Gasteiger charge is -2.08. The first kappa shape index (κ1) is 20.7. The summed E-state index contributed by atoms with van der Waals surface area (Å²) in [5.41, 5.74) is 1.79. The lowest BCUT2D eigenvalue weighted by atomic mass is 10.1. The van der Waals surface area contributed by atoms with Crippen molar-refractivity contribution in [2.75, 3.05) is 13.2 Å². The molecule has 0 spiro atoms. The minimum Gasteiger partial charge on any atom is -0.395 e. The van der Waals surface area contributed by atoms with Gasteiger partial charge in [0.1, 0.15) is 11.6 Å². The van der Waals surface area contributed by atoms with E-state index in [2.05, 4.69) is 5.32 Å². The summed E-state index contributed by atoms with van der Waals surface area (Å²) in [6, 6.07) is 10.0. The number of ketones is 1. The number of aliphatic hydroxyl groups is 1. The van der Waals surface area contributed by atoms with Gasteiger partial charge in [-0.25, -0.2) is 8.78 Å². The number of aromatic nitrogens is 1. The van der Waals surface area contributed by atoms with Crippen molar-refractivity contribution < 1.29 is 18.7 Å². The fourth-order valence-corrected chi connectivity index (χ4v) is 2.80. The van der Waals surface area contributed by atoms with Gasteiger partial charge in [0.25, 0.3) is 0 Å². The maximum atomic E-state index is 14.0. The Morgan fingerprint density at radius 2 is 1.78 bits per heavy atom. The summed E-state index contributed by atoms with van der Waals surface area (Å²) in [6.07, 6.45) is 1.74. The molecule has 0 fully saturated rings. The smallest absolute Gasteiger partial charge is 0.182 e. The number of benzene rings is 2. The van der Waals surface area contributed by atoms with Crippen LogP contribution < -0.4 is 5.32 Å². The van der Waals surface area contributed by atoms with E-state index in [-0.39, 0.29) is 24.8 Å². The normalized spacial score (nSPS) is 10.6. The van der Waals surface area contributed by atoms with Gasteiger partial charge in [-0.15, -0.1) is 0 Å². The Hall–Kier alpha value is -2.57. The molecule has 1 heterocycles. The number of nitrogens with one attached hydrogen (secondary N) is 1. The number of carbonyl (C=O) groups excluding carboxylic acids is 1. The fraction of sp³-hybridized carbons (Fsp3) is 0.286. The third-order valence-corrected chi connectivity index (χ3v) is 4.02. The fourth-order valence-electron chi connectivity index (χ4n) is 2.80. The highest BCUT2D eigenvalue weighted by Gasteiger charge is 2.12. The molecule has 0 atom stereocenters. The van der Waals surface area contributed by atoms with E-state index in [4.69, 9.17) is 5.11 Å². The van der Waals surface area contributed by atoms with Crippen LogP contribution in [0.1, 0.15) is 29.8 Å². The minimum absolute atomic E-state index is 0.00560. The molecule has 0 saturated carbocycles. The first-order valence-electron chi connectivity index (χ1n) is 8.96. The molecule has 2 N–H and O–H groups in total. The molecule has 0 bridgehead atoms. The highest BCUT2D eigenvalue weighted by atomic mass is 19.1. The zero-order valence-electron chi connectivity index (χ0n) is 15.5. The summed E-state index contributed by atoms with van der Waals surface area (Å²) >= 11 is 0. The van der Waals surface area contributed by atoms with Gasteiger partial charge in [-0.2, -0.15) is 0 Å². The predicted molar refractivity (Wildman–Crippen MR) is 103 cm³/mol. The van der Waals surface area contributed by atoms with Gasteiger partial charge in [-0.3, -0.25) is 4.79 Å². The molecule has 0 aliphatic rings. The van der Waals surface area contributed by atoms with Gasteiger partial charge in [-0.1, -0.05) is 13.8 Å². The summed E-state index contributed by atoms with van der Waals surface area (Å²) in [6.45, 7) is 4.89. The molecule has 1 aromatic heterocycles. The van der Waals surface area contributed by atoms with E-state index < -0.39 is 5.82 Å². The molecule has 2 aromatic carbocycles. The van der Waals surface area contributed by atoms with E-state index >= 15 is 0 Å². The summed E-state index contributed by atoms with van der Waals surface area (Å²) in [5.74, 6) is -0.964. The van der Waals surface area contributed by atoms with Crippen molar-refractivity contribution in [3.63, 3.8) is 0 Å². The van der Waals surface area contributed by atoms with Crippen LogP contribution in [0.2, 0.25) is 0 Å². The Balaban J connectivity index is 0.00000126. The molecular formula is C21H24F2N2O2. The molecule has 0 saturated heterocycles. The Kier molecular flexibility index (Phi) is 7.64. The van der Waals surface area contributed by atoms with Crippen LogP contribution in [0.25, 0.3) is 10.9 Å². The Morgan fingerprint density at radius 1 is 1.07 bits per heavy atom. The van der Waals surface area contributed by atoms with Gasteiger partial charge < -0.3 is 15.0 Å². The lowest BCUT2D eigenvalue weighted by Crippen LogP contribution is -2.17. The number of nitrogens with zero attached hydrogens (tertiary/aromatic N) is 1. The average Bonchev–Trinajstić information content (AvgIpc) is 3.06. The largest absolute Gasteiger partial charge is 0.395 e. The number of carbonyl (C=O) groups is 1. The summed E-state index contributed by atoms with van der Waals surface area (Å²) in [5, 5.41) is 12.7. The van der Waals surface area contributed by atoms with Crippen LogP contribution in [-0.4, -0.2) is 28.6 Å². The van der Waals surface area contributed by atoms with E-state index in [0.29, 0.717) is 24.2 Å². The topological polar surface area (TPSA) is 54.3 Å². The predicted octanol–water partition coefficient (Wildman–Crippen LogP) is 3.91. The van der Waals surface area contributed by atoms with Gasteiger partial charge in [0.05, 0.1) is 18.7 Å². The molecule has 3 rings (SSSR count). The van der Waals surface area contributed by atoms with Crippen molar-refractivity contribution in [2.45, 2.75) is 26.9 Å². The van der Waals surface area contributed by atoms with Crippen LogP contribution >= 0.6 is 0 Å². The molecule has 0 amide bonds. The molecular weight excluding hydrogens is 350 g/mol. The van der Waals surface area contributed by atoms with Gasteiger partial charge >= 0.3 is 0 Å². The van der Waals surface area contributed by atoms with E-state index in [1.807, 2.05) is 19.9 Å². The molecule has 4 nitrogen and oxygen atoms in total. The molecule has 6 heteroatoms. The zero-order valence-corrected chi connectivity index (χ0v) is 15.5. The number of hydrogen-bond acceptors (Lipinski definition) is 3. The second-order valence-corrected chi connectivity index (χ2v) is 5.77. The molecule has 144 valence electrons. The lowest BCUT2D eigenvalue weighted by molar-refractivity contribution is 0.0973.